The Labute approximate surface area is 158 Å². The summed E-state index contributed by atoms with van der Waals surface area (Å²) in [6.07, 6.45) is -3.28. The molecule has 0 saturated heterocycles. The van der Waals surface area contributed by atoms with Gasteiger partial charge in [-0.05, 0) is 47.4 Å². The number of para-hydroxylation sites is 1. The van der Waals surface area contributed by atoms with Gasteiger partial charge in [0.25, 0.3) is 0 Å². The molecule has 1 aliphatic carbocycles. The van der Waals surface area contributed by atoms with Crippen LogP contribution in [0.15, 0.2) is 52.4 Å². The van der Waals surface area contributed by atoms with E-state index in [0.29, 0.717) is 30.5 Å². The molecule has 7 heteroatoms. The lowest BCUT2D eigenvalue weighted by atomic mass is 9.77. The predicted molar refractivity (Wildman–Crippen MR) is 96.5 cm³/mol. The number of benzene rings is 1. The molecule has 0 fully saturated rings. The number of anilines is 1. The summed E-state index contributed by atoms with van der Waals surface area (Å²) in [5, 5.41) is 3.77. The summed E-state index contributed by atoms with van der Waals surface area (Å²) in [7, 11) is 0. The molecule has 0 bridgehead atoms. The number of allylic oxidation sites excluding steroid dienone is 2. The van der Waals surface area contributed by atoms with Crippen LogP contribution in [0.2, 0.25) is 0 Å². The fourth-order valence-corrected chi connectivity index (χ4v) is 4.65. The van der Waals surface area contributed by atoms with Crippen molar-refractivity contribution in [3.05, 3.63) is 63.5 Å². The van der Waals surface area contributed by atoms with Gasteiger partial charge in [-0.3, -0.25) is 14.5 Å². The third-order valence-corrected chi connectivity index (χ3v) is 5.77. The number of carbonyl (C=O) groups is 2. The Balaban J connectivity index is 1.91. The summed E-state index contributed by atoms with van der Waals surface area (Å²) in [6.45, 7) is 0. The molecule has 0 radical (unpaired) electrons. The zero-order chi connectivity index (χ0) is 19.2. The van der Waals surface area contributed by atoms with Gasteiger partial charge in [-0.25, -0.2) is 0 Å². The number of alkyl halides is 3. The van der Waals surface area contributed by atoms with Crippen molar-refractivity contribution in [2.45, 2.75) is 37.8 Å². The number of halogens is 3. The van der Waals surface area contributed by atoms with Crippen LogP contribution in [0.25, 0.3) is 0 Å². The van der Waals surface area contributed by atoms with E-state index in [0.717, 1.165) is 16.5 Å². The van der Waals surface area contributed by atoms with Crippen molar-refractivity contribution in [1.29, 1.82) is 0 Å². The highest BCUT2D eigenvalue weighted by atomic mass is 32.1. The molecular weight excluding hydrogens is 375 g/mol. The Morgan fingerprint density at radius 2 is 1.85 bits per heavy atom. The average molecular weight is 391 g/mol. The van der Waals surface area contributed by atoms with Crippen LogP contribution < -0.4 is 4.90 Å². The predicted octanol–water partition coefficient (Wildman–Crippen LogP) is 5.29. The summed E-state index contributed by atoms with van der Waals surface area (Å²) in [6, 6.07) is 6.92. The van der Waals surface area contributed by atoms with Crippen molar-refractivity contribution >= 4 is 28.7 Å². The molecule has 27 heavy (non-hydrogen) atoms. The number of carbonyl (C=O) groups excluding carboxylic acids is 2. The highest BCUT2D eigenvalue weighted by Gasteiger charge is 2.43. The Morgan fingerprint density at radius 1 is 1.07 bits per heavy atom. The number of Topliss-reactive ketones (excluding diaryl/α,β-unsaturated/α-hetero) is 1. The third-order valence-electron chi connectivity index (χ3n) is 5.07. The number of ketones is 1. The number of thiophene rings is 1. The maximum atomic E-state index is 13.5. The van der Waals surface area contributed by atoms with Crippen LogP contribution in [-0.2, 0) is 15.8 Å². The lowest BCUT2D eigenvalue weighted by Crippen LogP contribution is -2.41. The maximum Gasteiger partial charge on any atom is 0.418 e. The number of nitrogens with zero attached hydrogens (tertiary/aromatic N) is 1. The van der Waals surface area contributed by atoms with Gasteiger partial charge in [0.1, 0.15) is 0 Å². The molecule has 2 aliphatic rings. The van der Waals surface area contributed by atoms with Gasteiger partial charge in [-0.2, -0.15) is 24.5 Å². The SMILES string of the molecule is O=C1CCCC2=C1[C@H](c1ccsc1)CC(=O)N2c1ccccc1C(F)(F)F. The van der Waals surface area contributed by atoms with E-state index in [2.05, 4.69) is 0 Å². The van der Waals surface area contributed by atoms with Gasteiger partial charge in [0, 0.05) is 30.0 Å². The van der Waals surface area contributed by atoms with Gasteiger partial charge < -0.3 is 0 Å². The minimum atomic E-state index is -4.58. The second kappa shape index (κ2) is 6.64. The quantitative estimate of drug-likeness (QED) is 0.697. The number of hydrogen-bond donors (Lipinski definition) is 0. The van der Waals surface area contributed by atoms with Crippen LogP contribution in [0, 0.1) is 0 Å². The number of hydrogen-bond acceptors (Lipinski definition) is 3. The van der Waals surface area contributed by atoms with E-state index in [4.69, 9.17) is 0 Å². The second-order valence-electron chi connectivity index (χ2n) is 6.69. The normalized spacial score (nSPS) is 20.9. The summed E-state index contributed by atoms with van der Waals surface area (Å²) < 4.78 is 40.5. The van der Waals surface area contributed by atoms with Gasteiger partial charge in [0.05, 0.1) is 11.3 Å². The highest BCUT2D eigenvalue weighted by Crippen LogP contribution is 2.46. The molecule has 140 valence electrons. The molecule has 0 saturated carbocycles. The van der Waals surface area contributed by atoms with E-state index in [1.165, 1.54) is 29.5 Å². The monoisotopic (exact) mass is 391 g/mol. The van der Waals surface area contributed by atoms with Crippen LogP contribution in [0.5, 0.6) is 0 Å². The molecule has 0 spiro atoms. The Hall–Kier alpha value is -2.41. The van der Waals surface area contributed by atoms with Crippen LogP contribution in [0.3, 0.4) is 0 Å². The summed E-state index contributed by atoms with van der Waals surface area (Å²) in [5.74, 6) is -0.855. The molecular formula is C20H16F3NO2S. The molecule has 0 unspecified atom stereocenters. The maximum absolute atomic E-state index is 13.5. The standard InChI is InChI=1S/C20H16F3NO2S/c21-20(22,23)14-4-1-2-5-15(14)24-16-6-3-7-17(25)19(16)13(10-18(24)26)12-8-9-27-11-12/h1-2,4-5,8-9,11,13H,3,6-7,10H2/t13-/m0/s1. The van der Waals surface area contributed by atoms with Crippen molar-refractivity contribution in [1.82, 2.24) is 0 Å². The zero-order valence-electron chi connectivity index (χ0n) is 14.3. The smallest absolute Gasteiger partial charge is 0.294 e. The Bertz CT molecular complexity index is 931. The molecule has 4 rings (SSSR count). The first-order valence-electron chi connectivity index (χ1n) is 8.65. The molecule has 0 N–H and O–H groups in total. The summed E-state index contributed by atoms with van der Waals surface area (Å²) in [4.78, 5) is 26.8. The van der Waals surface area contributed by atoms with E-state index in [1.807, 2.05) is 16.8 Å². The molecule has 3 nitrogen and oxygen atoms in total. The van der Waals surface area contributed by atoms with E-state index in [-0.39, 0.29) is 23.8 Å². The van der Waals surface area contributed by atoms with Gasteiger partial charge in [0.2, 0.25) is 5.91 Å². The van der Waals surface area contributed by atoms with Gasteiger partial charge in [-0.15, -0.1) is 0 Å². The molecule has 2 aromatic rings. The first kappa shape index (κ1) is 18.0. The number of amides is 1. The minimum absolute atomic E-state index is 0.00645. The minimum Gasteiger partial charge on any atom is -0.294 e. The highest BCUT2D eigenvalue weighted by molar-refractivity contribution is 7.08. The Morgan fingerprint density at radius 3 is 2.56 bits per heavy atom. The topological polar surface area (TPSA) is 37.4 Å². The van der Waals surface area contributed by atoms with E-state index < -0.39 is 17.6 Å². The lowest BCUT2D eigenvalue weighted by molar-refractivity contribution is -0.137. The van der Waals surface area contributed by atoms with Crippen LogP contribution >= 0.6 is 11.3 Å². The van der Waals surface area contributed by atoms with Crippen LogP contribution in [-0.4, -0.2) is 11.7 Å². The number of rotatable bonds is 2. The second-order valence-corrected chi connectivity index (χ2v) is 7.47. The van der Waals surface area contributed by atoms with Crippen LogP contribution in [0.1, 0.15) is 42.7 Å². The van der Waals surface area contributed by atoms with Gasteiger partial charge >= 0.3 is 6.18 Å². The van der Waals surface area contributed by atoms with Crippen molar-refractivity contribution in [2.75, 3.05) is 4.90 Å². The lowest BCUT2D eigenvalue weighted by Gasteiger charge is -2.38. The van der Waals surface area contributed by atoms with Crippen molar-refractivity contribution in [3.8, 4) is 0 Å². The first-order valence-corrected chi connectivity index (χ1v) is 9.59. The summed E-state index contributed by atoms with van der Waals surface area (Å²) >= 11 is 1.47. The van der Waals surface area contributed by atoms with E-state index >= 15 is 0 Å². The molecule has 1 aliphatic heterocycles. The molecule has 1 amide bonds. The van der Waals surface area contributed by atoms with Gasteiger partial charge in [-0.1, -0.05) is 12.1 Å². The zero-order valence-corrected chi connectivity index (χ0v) is 15.1. The van der Waals surface area contributed by atoms with E-state index in [1.54, 1.807) is 0 Å². The fourth-order valence-electron chi connectivity index (χ4n) is 3.94. The van der Waals surface area contributed by atoms with Crippen LogP contribution in [0.4, 0.5) is 18.9 Å². The van der Waals surface area contributed by atoms with Crippen molar-refractivity contribution in [3.63, 3.8) is 0 Å². The Kier molecular flexibility index (Phi) is 4.42. The van der Waals surface area contributed by atoms with Crippen molar-refractivity contribution in [2.24, 2.45) is 0 Å². The largest absolute Gasteiger partial charge is 0.418 e. The first-order chi connectivity index (χ1) is 12.9. The third kappa shape index (κ3) is 3.10. The fraction of sp³-hybridized carbons (Fsp3) is 0.300. The molecule has 1 aromatic carbocycles. The molecule has 2 heterocycles. The van der Waals surface area contributed by atoms with Gasteiger partial charge in [0.15, 0.2) is 5.78 Å². The molecule has 1 aromatic heterocycles. The summed E-state index contributed by atoms with van der Waals surface area (Å²) in [5.41, 5.74) is 0.740. The van der Waals surface area contributed by atoms with Crippen molar-refractivity contribution < 1.29 is 22.8 Å². The average Bonchev–Trinajstić information content (AvgIpc) is 3.15. The molecule has 1 atom stereocenters. The van der Waals surface area contributed by atoms with E-state index in [9.17, 15) is 22.8 Å².